The van der Waals surface area contributed by atoms with E-state index in [2.05, 4.69) is 56.4 Å². The van der Waals surface area contributed by atoms with Crippen LogP contribution in [0.25, 0.3) is 0 Å². The van der Waals surface area contributed by atoms with Crippen LogP contribution in [0.15, 0.2) is 35.3 Å². The van der Waals surface area contributed by atoms with Gasteiger partial charge in [0, 0.05) is 9.50 Å². The van der Waals surface area contributed by atoms with Crippen molar-refractivity contribution in [2.75, 3.05) is 0 Å². The Morgan fingerprint density at radius 3 is 2.37 bits per heavy atom. The molecule has 0 aliphatic rings. The fraction of sp³-hybridized carbons (Fsp3) is 0.467. The lowest BCUT2D eigenvalue weighted by atomic mass is 10.1. The molecule has 0 fully saturated rings. The van der Waals surface area contributed by atoms with E-state index in [1.54, 1.807) is 0 Å². The van der Waals surface area contributed by atoms with E-state index in [0.29, 0.717) is 5.02 Å². The lowest BCUT2D eigenvalue weighted by molar-refractivity contribution is 0.229. The van der Waals surface area contributed by atoms with Gasteiger partial charge in [0.2, 0.25) is 0 Å². The van der Waals surface area contributed by atoms with Gasteiger partial charge in [-0.15, -0.1) is 6.58 Å². The lowest BCUT2D eigenvalue weighted by Gasteiger charge is -2.38. The molecule has 1 unspecified atom stereocenters. The van der Waals surface area contributed by atoms with Crippen LogP contribution in [0.4, 0.5) is 0 Å². The van der Waals surface area contributed by atoms with Crippen LogP contribution in [0, 0.1) is 0 Å². The molecule has 1 aromatic rings. The summed E-state index contributed by atoms with van der Waals surface area (Å²) in [6, 6.07) is 5.77. The molecule has 0 N–H and O–H groups in total. The first-order chi connectivity index (χ1) is 8.58. The van der Waals surface area contributed by atoms with Gasteiger partial charge in [-0.1, -0.05) is 60.4 Å². The van der Waals surface area contributed by atoms with Gasteiger partial charge in [0.25, 0.3) is 0 Å². The molecule has 1 atom stereocenters. The quantitative estimate of drug-likeness (QED) is 0.448. The summed E-state index contributed by atoms with van der Waals surface area (Å²) in [5.74, 6) is 0. The highest BCUT2D eigenvalue weighted by molar-refractivity contribution is 9.10. The third-order valence-electron chi connectivity index (χ3n) is 3.71. The number of hydrogen-bond acceptors (Lipinski definition) is 1. The molecule has 0 amide bonds. The Morgan fingerprint density at radius 1 is 1.37 bits per heavy atom. The minimum absolute atomic E-state index is 0.104. The van der Waals surface area contributed by atoms with Crippen molar-refractivity contribution >= 4 is 35.8 Å². The molecule has 1 rings (SSSR count). The molecule has 106 valence electrons. The van der Waals surface area contributed by atoms with Crippen LogP contribution in [0.3, 0.4) is 0 Å². The van der Waals surface area contributed by atoms with Crippen molar-refractivity contribution in [1.82, 2.24) is 0 Å². The van der Waals surface area contributed by atoms with Gasteiger partial charge in [-0.25, -0.2) is 0 Å². The van der Waals surface area contributed by atoms with Crippen LogP contribution >= 0.6 is 27.5 Å². The average Bonchev–Trinajstić information content (AvgIpc) is 2.25. The summed E-state index contributed by atoms with van der Waals surface area (Å²) in [6.45, 7) is 15.1. The monoisotopic (exact) mass is 360 g/mol. The van der Waals surface area contributed by atoms with E-state index in [1.807, 2.05) is 24.3 Å². The molecule has 0 saturated carbocycles. The second-order valence-corrected chi connectivity index (χ2v) is 12.2. The van der Waals surface area contributed by atoms with Gasteiger partial charge in [-0.05, 0) is 35.8 Å². The van der Waals surface area contributed by atoms with Gasteiger partial charge in [0.15, 0.2) is 8.32 Å². The van der Waals surface area contributed by atoms with Crippen LogP contribution < -0.4 is 0 Å². The standard InChI is InChI=1S/C15H22BrClOSi/c1-7-14(18-19(5,6)15(2,3)4)12-9-8-11(17)10-13(12)16/h7-10,14H,1H2,2-6H3. The second-order valence-electron chi connectivity index (χ2n) is 6.20. The predicted molar refractivity (Wildman–Crippen MR) is 90.4 cm³/mol. The van der Waals surface area contributed by atoms with Crippen LogP contribution in [0.2, 0.25) is 23.2 Å². The fourth-order valence-corrected chi connectivity index (χ4v) is 3.58. The fourth-order valence-electron chi connectivity index (χ4n) is 1.47. The van der Waals surface area contributed by atoms with Crippen molar-refractivity contribution in [2.45, 2.75) is 45.0 Å². The van der Waals surface area contributed by atoms with E-state index in [-0.39, 0.29) is 11.1 Å². The number of rotatable bonds is 4. The molecule has 4 heteroatoms. The summed E-state index contributed by atoms with van der Waals surface area (Å²) in [7, 11) is -1.83. The highest BCUT2D eigenvalue weighted by atomic mass is 79.9. The summed E-state index contributed by atoms with van der Waals surface area (Å²) >= 11 is 9.53. The first-order valence-corrected chi connectivity index (χ1v) is 10.4. The number of benzene rings is 1. The van der Waals surface area contributed by atoms with Gasteiger partial charge in [-0.2, -0.15) is 0 Å². The Labute approximate surface area is 131 Å². The Hall–Kier alpha value is -0.0931. The van der Waals surface area contributed by atoms with E-state index in [9.17, 15) is 0 Å². The third kappa shape index (κ3) is 4.18. The molecule has 1 aromatic carbocycles. The zero-order valence-corrected chi connectivity index (χ0v) is 15.6. The molecular formula is C15H22BrClOSi. The SMILES string of the molecule is C=CC(O[Si](C)(C)C(C)(C)C)c1ccc(Cl)cc1Br. The van der Waals surface area contributed by atoms with E-state index in [4.69, 9.17) is 16.0 Å². The van der Waals surface area contributed by atoms with Crippen molar-refractivity contribution in [2.24, 2.45) is 0 Å². The van der Waals surface area contributed by atoms with Gasteiger partial charge in [-0.3, -0.25) is 0 Å². The molecular weight excluding hydrogens is 340 g/mol. The zero-order valence-electron chi connectivity index (χ0n) is 12.3. The largest absolute Gasteiger partial charge is 0.406 e. The van der Waals surface area contributed by atoms with Crippen LogP contribution in [-0.2, 0) is 4.43 Å². The normalized spacial score (nSPS) is 14.3. The maximum Gasteiger partial charge on any atom is 0.193 e. The topological polar surface area (TPSA) is 9.23 Å². The van der Waals surface area contributed by atoms with Crippen molar-refractivity contribution < 1.29 is 4.43 Å². The Kier molecular flexibility index (Phi) is 5.47. The molecule has 0 aliphatic carbocycles. The summed E-state index contributed by atoms with van der Waals surface area (Å²) < 4.78 is 7.37. The first-order valence-electron chi connectivity index (χ1n) is 6.34. The summed E-state index contributed by atoms with van der Waals surface area (Å²) in [5.41, 5.74) is 1.07. The maximum absolute atomic E-state index is 6.41. The van der Waals surface area contributed by atoms with E-state index < -0.39 is 8.32 Å². The smallest absolute Gasteiger partial charge is 0.193 e. The Bertz CT molecular complexity index is 466. The number of hydrogen-bond donors (Lipinski definition) is 0. The molecule has 0 radical (unpaired) electrons. The van der Waals surface area contributed by atoms with Crippen molar-refractivity contribution in [3.8, 4) is 0 Å². The summed E-state index contributed by atoms with van der Waals surface area (Å²) in [6.07, 6.45) is 1.75. The molecule has 0 heterocycles. The molecule has 0 spiro atoms. The van der Waals surface area contributed by atoms with Crippen LogP contribution in [0.5, 0.6) is 0 Å². The molecule has 0 bridgehead atoms. The maximum atomic E-state index is 6.41. The zero-order chi connectivity index (χ0) is 14.8. The molecule has 0 aromatic heterocycles. The first kappa shape index (κ1) is 17.0. The summed E-state index contributed by atoms with van der Waals surface area (Å²) in [5, 5.41) is 0.887. The van der Waals surface area contributed by atoms with Crippen molar-refractivity contribution in [1.29, 1.82) is 0 Å². The third-order valence-corrected chi connectivity index (χ3v) is 9.09. The lowest BCUT2D eigenvalue weighted by Crippen LogP contribution is -2.41. The van der Waals surface area contributed by atoms with Gasteiger partial charge in [0.05, 0.1) is 6.10 Å². The van der Waals surface area contributed by atoms with Crippen molar-refractivity contribution in [3.05, 3.63) is 45.9 Å². The van der Waals surface area contributed by atoms with E-state index in [1.165, 1.54) is 0 Å². The van der Waals surface area contributed by atoms with Crippen LogP contribution in [0.1, 0.15) is 32.4 Å². The highest BCUT2D eigenvalue weighted by Crippen LogP contribution is 2.41. The van der Waals surface area contributed by atoms with Crippen LogP contribution in [-0.4, -0.2) is 8.32 Å². The minimum atomic E-state index is -1.83. The molecule has 0 saturated heterocycles. The molecule has 1 nitrogen and oxygen atoms in total. The highest BCUT2D eigenvalue weighted by Gasteiger charge is 2.39. The molecule has 0 aliphatic heterocycles. The molecule has 19 heavy (non-hydrogen) atoms. The second kappa shape index (κ2) is 6.13. The van der Waals surface area contributed by atoms with Gasteiger partial charge in [0.1, 0.15) is 0 Å². The Morgan fingerprint density at radius 2 is 1.95 bits per heavy atom. The van der Waals surface area contributed by atoms with E-state index >= 15 is 0 Å². The van der Waals surface area contributed by atoms with E-state index in [0.717, 1.165) is 10.0 Å². The van der Waals surface area contributed by atoms with Gasteiger partial charge < -0.3 is 4.43 Å². The average molecular weight is 362 g/mol. The Balaban J connectivity index is 3.06. The predicted octanol–water partition coefficient (Wildman–Crippen LogP) is 6.35. The minimum Gasteiger partial charge on any atom is -0.406 e. The van der Waals surface area contributed by atoms with Gasteiger partial charge >= 0.3 is 0 Å². The summed E-state index contributed by atoms with van der Waals surface area (Å²) in [4.78, 5) is 0. The number of halogens is 2. The van der Waals surface area contributed by atoms with Crippen molar-refractivity contribution in [3.63, 3.8) is 0 Å².